The van der Waals surface area contributed by atoms with Crippen LogP contribution in [0.25, 0.3) is 10.9 Å². The molecule has 126 valence electrons. The largest absolute Gasteiger partial charge is 0.335 e. The number of rotatable bonds is 1. The average Bonchev–Trinajstić information content (AvgIpc) is 2.59. The fraction of sp³-hybridized carbons (Fsp3) is 0.353. The zero-order chi connectivity index (χ0) is 17.3. The van der Waals surface area contributed by atoms with Gasteiger partial charge in [0.2, 0.25) is 0 Å². The first-order valence-corrected chi connectivity index (χ1v) is 8.15. The van der Waals surface area contributed by atoms with E-state index in [2.05, 4.69) is 4.98 Å². The van der Waals surface area contributed by atoms with E-state index in [1.54, 1.807) is 47.1 Å². The Morgan fingerprint density at radius 3 is 2.46 bits per heavy atom. The number of hydrogen-bond donors (Lipinski definition) is 0. The van der Waals surface area contributed by atoms with Gasteiger partial charge in [0.15, 0.2) is 0 Å². The molecule has 1 aliphatic rings. The molecular weight excluding hydrogens is 328 g/mol. The highest BCUT2D eigenvalue weighted by atomic mass is 35.5. The smallest absolute Gasteiger partial charge is 0.319 e. The maximum absolute atomic E-state index is 12.9. The van der Waals surface area contributed by atoms with Crippen molar-refractivity contribution in [3.05, 3.63) is 41.0 Å². The Morgan fingerprint density at radius 1 is 1.12 bits per heavy atom. The van der Waals surface area contributed by atoms with Crippen molar-refractivity contribution in [1.82, 2.24) is 19.7 Å². The number of nitrogens with zero attached hydrogens (tertiary/aromatic N) is 4. The first-order valence-electron chi connectivity index (χ1n) is 7.77. The van der Waals surface area contributed by atoms with E-state index >= 15 is 0 Å². The lowest BCUT2D eigenvalue weighted by Gasteiger charge is -2.36. The molecule has 0 spiro atoms. The second-order valence-corrected chi connectivity index (χ2v) is 6.42. The van der Waals surface area contributed by atoms with Crippen LogP contribution in [0.2, 0.25) is 5.02 Å². The summed E-state index contributed by atoms with van der Waals surface area (Å²) in [5, 5.41) is 1.36. The van der Waals surface area contributed by atoms with Crippen molar-refractivity contribution < 1.29 is 9.59 Å². The van der Waals surface area contributed by atoms with Gasteiger partial charge in [0.25, 0.3) is 5.91 Å². The third-order valence-corrected chi connectivity index (χ3v) is 4.34. The van der Waals surface area contributed by atoms with E-state index in [0.717, 1.165) is 5.39 Å². The van der Waals surface area contributed by atoms with Crippen LogP contribution < -0.4 is 0 Å². The fourth-order valence-electron chi connectivity index (χ4n) is 2.87. The van der Waals surface area contributed by atoms with Crippen LogP contribution in [0.1, 0.15) is 10.4 Å². The highest BCUT2D eigenvalue weighted by Gasteiger charge is 2.26. The number of carbonyl (C=O) groups excluding carboxylic acids is 2. The number of benzene rings is 1. The van der Waals surface area contributed by atoms with E-state index in [4.69, 9.17) is 11.6 Å². The van der Waals surface area contributed by atoms with Gasteiger partial charge in [-0.05, 0) is 18.2 Å². The summed E-state index contributed by atoms with van der Waals surface area (Å²) >= 11 is 6.15. The summed E-state index contributed by atoms with van der Waals surface area (Å²) in [6.07, 6.45) is 1.67. The van der Waals surface area contributed by atoms with Crippen LogP contribution in [0.5, 0.6) is 0 Å². The number of pyridine rings is 1. The van der Waals surface area contributed by atoms with Crippen molar-refractivity contribution in [1.29, 1.82) is 0 Å². The number of hydrogen-bond acceptors (Lipinski definition) is 3. The summed E-state index contributed by atoms with van der Waals surface area (Å²) in [7, 11) is 3.45. The topological polar surface area (TPSA) is 56.8 Å². The Kier molecular flexibility index (Phi) is 4.57. The molecule has 0 radical (unpaired) electrons. The molecule has 0 N–H and O–H groups in total. The number of halogens is 1. The zero-order valence-corrected chi connectivity index (χ0v) is 14.5. The number of carbonyl (C=O) groups is 2. The Balaban J connectivity index is 1.80. The van der Waals surface area contributed by atoms with Crippen molar-refractivity contribution in [2.24, 2.45) is 0 Å². The monoisotopic (exact) mass is 346 g/mol. The summed E-state index contributed by atoms with van der Waals surface area (Å²) in [6, 6.07) is 7.14. The van der Waals surface area contributed by atoms with Crippen molar-refractivity contribution in [3.8, 4) is 0 Å². The molecule has 0 saturated carbocycles. The molecule has 2 aromatic rings. The molecule has 0 aliphatic carbocycles. The van der Waals surface area contributed by atoms with Gasteiger partial charge >= 0.3 is 6.03 Å². The molecule has 2 heterocycles. The van der Waals surface area contributed by atoms with E-state index in [0.29, 0.717) is 42.3 Å². The molecule has 3 amide bonds. The summed E-state index contributed by atoms with van der Waals surface area (Å²) in [5.41, 5.74) is 1.16. The lowest BCUT2D eigenvalue weighted by molar-refractivity contribution is 0.0652. The summed E-state index contributed by atoms with van der Waals surface area (Å²) in [5.74, 6) is -0.0989. The molecule has 7 heteroatoms. The average molecular weight is 347 g/mol. The van der Waals surface area contributed by atoms with Gasteiger partial charge in [-0.1, -0.05) is 17.7 Å². The molecule has 1 aromatic heterocycles. The molecule has 1 fully saturated rings. The number of piperazine rings is 1. The Labute approximate surface area is 145 Å². The van der Waals surface area contributed by atoms with Gasteiger partial charge in [-0.15, -0.1) is 0 Å². The molecule has 24 heavy (non-hydrogen) atoms. The standard InChI is InChI=1S/C17H19ClN4O2/c1-20(2)17(24)22-8-6-21(7-9-22)16(23)14-11-13(18)10-12-4-3-5-19-15(12)14/h3-5,10-11H,6-9H2,1-2H3. The van der Waals surface area contributed by atoms with Crippen molar-refractivity contribution >= 4 is 34.4 Å². The maximum Gasteiger partial charge on any atom is 0.319 e. The highest BCUT2D eigenvalue weighted by Crippen LogP contribution is 2.24. The molecule has 1 aromatic carbocycles. The van der Waals surface area contributed by atoms with Crippen LogP contribution in [0, 0.1) is 0 Å². The maximum atomic E-state index is 12.9. The van der Waals surface area contributed by atoms with Crippen molar-refractivity contribution in [2.75, 3.05) is 40.3 Å². The van der Waals surface area contributed by atoms with Crippen LogP contribution in [-0.4, -0.2) is 71.9 Å². The van der Waals surface area contributed by atoms with Gasteiger partial charge in [0, 0.05) is 56.9 Å². The molecule has 1 saturated heterocycles. The van der Waals surface area contributed by atoms with E-state index < -0.39 is 0 Å². The number of aromatic nitrogens is 1. The highest BCUT2D eigenvalue weighted by molar-refractivity contribution is 6.32. The SMILES string of the molecule is CN(C)C(=O)N1CCN(C(=O)c2cc(Cl)cc3cccnc23)CC1. The fourth-order valence-corrected chi connectivity index (χ4v) is 3.10. The molecule has 0 unspecified atom stereocenters. The minimum Gasteiger partial charge on any atom is -0.335 e. The van der Waals surface area contributed by atoms with Crippen LogP contribution in [0.4, 0.5) is 4.79 Å². The van der Waals surface area contributed by atoms with E-state index in [1.807, 2.05) is 12.1 Å². The van der Waals surface area contributed by atoms with Gasteiger partial charge < -0.3 is 14.7 Å². The second-order valence-electron chi connectivity index (χ2n) is 5.98. The van der Waals surface area contributed by atoms with Crippen LogP contribution in [-0.2, 0) is 0 Å². The predicted octanol–water partition coefficient (Wildman–Crippen LogP) is 2.33. The van der Waals surface area contributed by atoms with Gasteiger partial charge in [-0.3, -0.25) is 9.78 Å². The molecule has 3 rings (SSSR count). The number of fused-ring (bicyclic) bond motifs is 1. The Hall–Kier alpha value is -2.34. The number of urea groups is 1. The third-order valence-electron chi connectivity index (χ3n) is 4.12. The third kappa shape index (κ3) is 3.14. The van der Waals surface area contributed by atoms with Gasteiger partial charge in [0.1, 0.15) is 0 Å². The van der Waals surface area contributed by atoms with Gasteiger partial charge in [0.05, 0.1) is 11.1 Å². The minimum atomic E-state index is -0.0989. The van der Waals surface area contributed by atoms with Crippen LogP contribution >= 0.6 is 11.6 Å². The van der Waals surface area contributed by atoms with E-state index in [9.17, 15) is 9.59 Å². The number of amides is 3. The van der Waals surface area contributed by atoms with E-state index in [1.165, 1.54) is 0 Å². The van der Waals surface area contributed by atoms with Crippen LogP contribution in [0.3, 0.4) is 0 Å². The lowest BCUT2D eigenvalue weighted by atomic mass is 10.1. The molecule has 0 bridgehead atoms. The second kappa shape index (κ2) is 6.65. The molecule has 6 nitrogen and oxygen atoms in total. The quantitative estimate of drug-likeness (QED) is 0.796. The Bertz CT molecular complexity index is 785. The van der Waals surface area contributed by atoms with Gasteiger partial charge in [-0.25, -0.2) is 4.79 Å². The van der Waals surface area contributed by atoms with Crippen molar-refractivity contribution in [2.45, 2.75) is 0 Å². The van der Waals surface area contributed by atoms with Gasteiger partial charge in [-0.2, -0.15) is 0 Å². The van der Waals surface area contributed by atoms with Crippen LogP contribution in [0.15, 0.2) is 30.5 Å². The normalized spacial score (nSPS) is 14.8. The zero-order valence-electron chi connectivity index (χ0n) is 13.7. The first kappa shape index (κ1) is 16.5. The summed E-state index contributed by atoms with van der Waals surface area (Å²) < 4.78 is 0. The summed E-state index contributed by atoms with van der Waals surface area (Å²) in [4.78, 5) is 34.2. The Morgan fingerprint density at radius 2 is 1.79 bits per heavy atom. The van der Waals surface area contributed by atoms with Crippen molar-refractivity contribution in [3.63, 3.8) is 0 Å². The first-order chi connectivity index (χ1) is 11.5. The minimum absolute atomic E-state index is 0.0306. The lowest BCUT2D eigenvalue weighted by Crippen LogP contribution is -2.52. The molecule has 1 aliphatic heterocycles. The predicted molar refractivity (Wildman–Crippen MR) is 93.3 cm³/mol. The molecular formula is C17H19ClN4O2. The summed E-state index contributed by atoms with van der Waals surface area (Å²) in [6.45, 7) is 2.04. The van der Waals surface area contributed by atoms with E-state index in [-0.39, 0.29) is 11.9 Å². The molecule has 0 atom stereocenters.